The maximum absolute atomic E-state index is 5.30. The van der Waals surface area contributed by atoms with Crippen LogP contribution >= 0.6 is 0 Å². The number of ether oxygens (including phenoxy) is 1. The Morgan fingerprint density at radius 2 is 2.18 bits per heavy atom. The molecule has 0 saturated heterocycles. The second kappa shape index (κ2) is 6.29. The molecule has 0 aliphatic carbocycles. The first-order valence-electron chi connectivity index (χ1n) is 6.11. The van der Waals surface area contributed by atoms with E-state index in [1.54, 1.807) is 7.11 Å². The van der Waals surface area contributed by atoms with Gasteiger partial charge in [-0.15, -0.1) is 0 Å². The summed E-state index contributed by atoms with van der Waals surface area (Å²) in [6.45, 7) is 10.4. The molecule has 0 radical (unpaired) electrons. The predicted octanol–water partition coefficient (Wildman–Crippen LogP) is 2.88. The van der Waals surface area contributed by atoms with Crippen LogP contribution in [0.3, 0.4) is 0 Å². The van der Waals surface area contributed by atoms with Crippen LogP contribution in [0.1, 0.15) is 27.2 Å². The van der Waals surface area contributed by atoms with Crippen molar-refractivity contribution in [2.45, 2.75) is 27.2 Å². The van der Waals surface area contributed by atoms with Crippen molar-refractivity contribution in [2.75, 3.05) is 7.11 Å². The Hall–Kier alpha value is -1.50. The molecule has 92 valence electrons. The molecule has 0 aliphatic heterocycles. The highest BCUT2D eigenvalue weighted by molar-refractivity contribution is 5.49. The van der Waals surface area contributed by atoms with Crippen molar-refractivity contribution in [3.63, 3.8) is 0 Å². The fraction of sp³-hybridized carbons (Fsp3) is 0.375. The van der Waals surface area contributed by atoms with Gasteiger partial charge in [0, 0.05) is 0 Å². The lowest BCUT2D eigenvalue weighted by Gasteiger charge is -2.10. The van der Waals surface area contributed by atoms with Crippen molar-refractivity contribution >= 4 is 11.6 Å². The fourth-order valence-corrected chi connectivity index (χ4v) is 1.85. The quantitative estimate of drug-likeness (QED) is 0.773. The van der Waals surface area contributed by atoms with E-state index in [1.807, 2.05) is 18.2 Å². The third kappa shape index (κ3) is 3.23. The van der Waals surface area contributed by atoms with E-state index in [0.717, 1.165) is 12.2 Å². The van der Waals surface area contributed by atoms with E-state index in [4.69, 9.17) is 4.74 Å². The molecule has 1 unspecified atom stereocenters. The number of benzene rings is 1. The van der Waals surface area contributed by atoms with Crippen molar-refractivity contribution in [1.29, 1.82) is 0 Å². The lowest BCUT2D eigenvalue weighted by molar-refractivity contribution is 0.414. The second-order valence-electron chi connectivity index (χ2n) is 4.35. The van der Waals surface area contributed by atoms with Gasteiger partial charge in [0.15, 0.2) is 0 Å². The molecular formula is C16H22O. The van der Waals surface area contributed by atoms with Crippen LogP contribution in [0.15, 0.2) is 30.9 Å². The molecule has 0 spiro atoms. The zero-order chi connectivity index (χ0) is 12.8. The summed E-state index contributed by atoms with van der Waals surface area (Å²) in [5.74, 6) is 1.49. The first-order valence-corrected chi connectivity index (χ1v) is 6.11. The minimum absolute atomic E-state index is 0.582. The van der Waals surface area contributed by atoms with Crippen LogP contribution in [0.2, 0.25) is 0 Å². The summed E-state index contributed by atoms with van der Waals surface area (Å²) < 4.78 is 5.30. The Morgan fingerprint density at radius 1 is 1.47 bits per heavy atom. The monoisotopic (exact) mass is 230 g/mol. The number of rotatable bonds is 4. The molecule has 1 nitrogen and oxygen atoms in total. The van der Waals surface area contributed by atoms with Gasteiger partial charge >= 0.3 is 0 Å². The highest BCUT2D eigenvalue weighted by Gasteiger charge is 2.03. The summed E-state index contributed by atoms with van der Waals surface area (Å²) in [6, 6.07) is 6.18. The van der Waals surface area contributed by atoms with Gasteiger partial charge in [-0.25, -0.2) is 0 Å². The Morgan fingerprint density at radius 3 is 2.71 bits per heavy atom. The van der Waals surface area contributed by atoms with E-state index >= 15 is 0 Å². The van der Waals surface area contributed by atoms with Crippen molar-refractivity contribution in [2.24, 2.45) is 5.92 Å². The SMILES string of the molecule is C=C/C=c1/ccc(OC)c/c1=C(\C)C(C)CC. The first kappa shape index (κ1) is 13.6. The van der Waals surface area contributed by atoms with Crippen LogP contribution in [0.25, 0.3) is 11.6 Å². The number of hydrogen-bond acceptors (Lipinski definition) is 1. The van der Waals surface area contributed by atoms with Crippen LogP contribution in [0, 0.1) is 5.92 Å². The van der Waals surface area contributed by atoms with Gasteiger partial charge in [-0.3, -0.25) is 0 Å². The third-order valence-electron chi connectivity index (χ3n) is 3.33. The lowest BCUT2D eigenvalue weighted by atomic mass is 9.96. The zero-order valence-corrected chi connectivity index (χ0v) is 11.3. The molecule has 1 atom stereocenters. The highest BCUT2D eigenvalue weighted by atomic mass is 16.5. The van der Waals surface area contributed by atoms with E-state index < -0.39 is 0 Å². The Labute approximate surface area is 104 Å². The van der Waals surface area contributed by atoms with E-state index in [0.29, 0.717) is 5.92 Å². The highest BCUT2D eigenvalue weighted by Crippen LogP contribution is 2.13. The summed E-state index contributed by atoms with van der Waals surface area (Å²) >= 11 is 0. The average Bonchev–Trinajstić information content (AvgIpc) is 2.37. The topological polar surface area (TPSA) is 9.23 Å². The van der Waals surface area contributed by atoms with Crippen LogP contribution in [-0.2, 0) is 0 Å². The maximum Gasteiger partial charge on any atom is 0.119 e. The van der Waals surface area contributed by atoms with E-state index in [2.05, 4.69) is 39.5 Å². The third-order valence-corrected chi connectivity index (χ3v) is 3.33. The minimum Gasteiger partial charge on any atom is -0.497 e. The summed E-state index contributed by atoms with van der Waals surface area (Å²) in [5.41, 5.74) is 1.40. The molecule has 1 heteroatoms. The van der Waals surface area contributed by atoms with Gasteiger partial charge in [0.2, 0.25) is 0 Å². The van der Waals surface area contributed by atoms with E-state index in [-0.39, 0.29) is 0 Å². The fourth-order valence-electron chi connectivity index (χ4n) is 1.85. The van der Waals surface area contributed by atoms with Crippen molar-refractivity contribution < 1.29 is 4.74 Å². The predicted molar refractivity (Wildman–Crippen MR) is 75.4 cm³/mol. The zero-order valence-electron chi connectivity index (χ0n) is 11.3. The molecule has 17 heavy (non-hydrogen) atoms. The molecule has 1 aromatic rings. The van der Waals surface area contributed by atoms with Crippen LogP contribution < -0.4 is 15.2 Å². The van der Waals surface area contributed by atoms with E-state index in [1.165, 1.54) is 16.0 Å². The minimum atomic E-state index is 0.582. The molecule has 0 fully saturated rings. The van der Waals surface area contributed by atoms with E-state index in [9.17, 15) is 0 Å². The molecule has 0 amide bonds. The van der Waals surface area contributed by atoms with Gasteiger partial charge in [0.05, 0.1) is 7.11 Å². The van der Waals surface area contributed by atoms with Crippen LogP contribution in [0.4, 0.5) is 0 Å². The van der Waals surface area contributed by atoms with Gasteiger partial charge in [0.25, 0.3) is 0 Å². The number of allylic oxidation sites excluding steroid dienone is 1. The van der Waals surface area contributed by atoms with Gasteiger partial charge in [-0.05, 0) is 41.8 Å². The summed E-state index contributed by atoms with van der Waals surface area (Å²) in [4.78, 5) is 0. The molecule has 0 bridgehead atoms. The lowest BCUT2D eigenvalue weighted by Crippen LogP contribution is -2.27. The van der Waals surface area contributed by atoms with Gasteiger partial charge in [0.1, 0.15) is 5.75 Å². The molecule has 0 aromatic heterocycles. The molecule has 0 saturated carbocycles. The van der Waals surface area contributed by atoms with Crippen molar-refractivity contribution in [3.8, 4) is 5.75 Å². The molecule has 1 rings (SSSR count). The number of methoxy groups -OCH3 is 1. The maximum atomic E-state index is 5.30. The molecular weight excluding hydrogens is 208 g/mol. The first-order chi connectivity index (χ1) is 8.13. The second-order valence-corrected chi connectivity index (χ2v) is 4.35. The summed E-state index contributed by atoms with van der Waals surface area (Å²) in [5, 5.41) is 2.47. The molecule has 0 N–H and O–H groups in total. The Kier molecular flexibility index (Phi) is 5.02. The van der Waals surface area contributed by atoms with Gasteiger partial charge in [-0.2, -0.15) is 0 Å². The molecule has 0 aliphatic rings. The smallest absolute Gasteiger partial charge is 0.119 e. The Bertz CT molecular complexity index is 497. The Balaban J connectivity index is 3.57. The van der Waals surface area contributed by atoms with Crippen LogP contribution in [0.5, 0.6) is 5.75 Å². The number of hydrogen-bond donors (Lipinski definition) is 0. The van der Waals surface area contributed by atoms with Crippen LogP contribution in [-0.4, -0.2) is 7.11 Å². The van der Waals surface area contributed by atoms with Crippen molar-refractivity contribution in [3.05, 3.63) is 41.3 Å². The van der Waals surface area contributed by atoms with Gasteiger partial charge in [-0.1, -0.05) is 44.2 Å². The van der Waals surface area contributed by atoms with Gasteiger partial charge < -0.3 is 4.74 Å². The summed E-state index contributed by atoms with van der Waals surface area (Å²) in [7, 11) is 1.70. The standard InChI is InChI=1S/C16H22O/c1-6-8-14-9-10-15(17-5)11-16(14)13(4)12(3)7-2/h6,8-12H,1,7H2,2-5H3/b14-8-,16-13-. The largest absolute Gasteiger partial charge is 0.497 e. The molecule has 1 aromatic carbocycles. The average molecular weight is 230 g/mol. The summed E-state index contributed by atoms with van der Waals surface area (Å²) in [6.07, 6.45) is 5.02. The molecule has 0 heterocycles. The van der Waals surface area contributed by atoms with Crippen molar-refractivity contribution in [1.82, 2.24) is 0 Å². The normalized spacial score (nSPS) is 15.4.